The van der Waals surface area contributed by atoms with Crippen LogP contribution in [0.5, 0.6) is 0 Å². The predicted octanol–water partition coefficient (Wildman–Crippen LogP) is 1.25. The smallest absolute Gasteiger partial charge is 0.333 e. The first-order valence-electron chi connectivity index (χ1n) is 5.94. The van der Waals surface area contributed by atoms with E-state index < -0.39 is 10.5 Å². The molecule has 2 rings (SSSR count). The number of anilines is 1. The van der Waals surface area contributed by atoms with Gasteiger partial charge in [-0.3, -0.25) is 10.1 Å². The predicted molar refractivity (Wildman–Crippen MR) is 66.8 cm³/mol. The van der Waals surface area contributed by atoms with Gasteiger partial charge in [0.15, 0.2) is 0 Å². The Balaban J connectivity index is 2.46. The maximum atomic E-state index is 11.1. The fraction of sp³-hybridized carbons (Fsp3) is 0.727. The zero-order valence-electron chi connectivity index (χ0n) is 11.0. The summed E-state index contributed by atoms with van der Waals surface area (Å²) in [6.45, 7) is 8.00. The molecule has 1 aromatic rings. The van der Waals surface area contributed by atoms with Crippen molar-refractivity contribution >= 4 is 11.5 Å². The highest BCUT2D eigenvalue weighted by molar-refractivity contribution is 5.63. The zero-order valence-corrected chi connectivity index (χ0v) is 11.0. The molecular formula is C11H18N4O3. The number of nitro groups is 1. The Morgan fingerprint density at radius 2 is 2.06 bits per heavy atom. The lowest BCUT2D eigenvalue weighted by molar-refractivity contribution is -0.384. The molecular weight excluding hydrogens is 236 g/mol. The fourth-order valence-electron chi connectivity index (χ4n) is 2.32. The van der Waals surface area contributed by atoms with Crippen molar-refractivity contribution in [1.29, 1.82) is 0 Å². The third kappa shape index (κ3) is 1.94. The average molecular weight is 254 g/mol. The van der Waals surface area contributed by atoms with Gasteiger partial charge in [0.2, 0.25) is 5.82 Å². The van der Waals surface area contributed by atoms with Crippen LogP contribution in [0, 0.1) is 17.0 Å². The summed E-state index contributed by atoms with van der Waals surface area (Å²) in [6.07, 6.45) is 0. The molecule has 1 fully saturated rings. The van der Waals surface area contributed by atoms with E-state index in [1.807, 2.05) is 13.8 Å². The molecule has 0 unspecified atom stereocenters. The first-order chi connectivity index (χ1) is 8.23. The number of aliphatic hydroxyl groups is 1. The van der Waals surface area contributed by atoms with Crippen LogP contribution in [0.1, 0.15) is 32.5 Å². The summed E-state index contributed by atoms with van der Waals surface area (Å²) in [7, 11) is 0. The van der Waals surface area contributed by atoms with Crippen LogP contribution in [0.2, 0.25) is 0 Å². The van der Waals surface area contributed by atoms with Gasteiger partial charge in [0.1, 0.15) is 5.69 Å². The van der Waals surface area contributed by atoms with Crippen LogP contribution in [-0.4, -0.2) is 38.5 Å². The standard InChI is InChI=1S/C11H18N4O3/c1-7(2)14-10(13-5-11(4,16)6-13)9(15(17)18)8(3)12-14/h7,16H,5-6H2,1-4H3. The van der Waals surface area contributed by atoms with Gasteiger partial charge < -0.3 is 10.0 Å². The van der Waals surface area contributed by atoms with Gasteiger partial charge in [-0.2, -0.15) is 5.10 Å². The molecule has 1 aromatic heterocycles. The minimum Gasteiger partial charge on any atom is -0.386 e. The third-order valence-electron chi connectivity index (χ3n) is 3.06. The normalized spacial score (nSPS) is 18.0. The molecule has 0 saturated carbocycles. The number of rotatable bonds is 3. The van der Waals surface area contributed by atoms with Crippen molar-refractivity contribution in [3.05, 3.63) is 15.8 Å². The molecule has 1 aliphatic rings. The Morgan fingerprint density at radius 3 is 2.44 bits per heavy atom. The van der Waals surface area contributed by atoms with Gasteiger partial charge in [-0.25, -0.2) is 4.68 Å². The Morgan fingerprint density at radius 1 is 1.50 bits per heavy atom. The van der Waals surface area contributed by atoms with Crippen LogP contribution in [0.3, 0.4) is 0 Å². The highest BCUT2D eigenvalue weighted by Crippen LogP contribution is 2.38. The van der Waals surface area contributed by atoms with E-state index in [1.165, 1.54) is 0 Å². The molecule has 0 amide bonds. The second-order valence-electron chi connectivity index (χ2n) is 5.41. The van der Waals surface area contributed by atoms with Gasteiger partial charge in [-0.1, -0.05) is 0 Å². The van der Waals surface area contributed by atoms with E-state index in [2.05, 4.69) is 5.10 Å². The van der Waals surface area contributed by atoms with Gasteiger partial charge in [0.25, 0.3) is 0 Å². The van der Waals surface area contributed by atoms with E-state index >= 15 is 0 Å². The van der Waals surface area contributed by atoms with Crippen molar-refractivity contribution in [2.24, 2.45) is 0 Å². The maximum absolute atomic E-state index is 11.1. The molecule has 0 aliphatic carbocycles. The fourth-order valence-corrected chi connectivity index (χ4v) is 2.32. The summed E-state index contributed by atoms with van der Waals surface area (Å²) >= 11 is 0. The van der Waals surface area contributed by atoms with Gasteiger partial charge in [0, 0.05) is 19.1 Å². The monoisotopic (exact) mass is 254 g/mol. The Labute approximate surface area is 105 Å². The lowest BCUT2D eigenvalue weighted by Gasteiger charge is -2.45. The molecule has 0 spiro atoms. The minimum atomic E-state index is -0.770. The molecule has 2 heterocycles. The Bertz CT molecular complexity index is 485. The number of β-amino-alcohol motifs (C(OH)–C–C–N with tert-alkyl or cyclic N) is 1. The molecule has 0 radical (unpaired) electrons. The van der Waals surface area contributed by atoms with Crippen LogP contribution in [0.4, 0.5) is 11.5 Å². The van der Waals surface area contributed by atoms with Crippen LogP contribution in [-0.2, 0) is 0 Å². The summed E-state index contributed by atoms with van der Waals surface area (Å²) < 4.78 is 1.66. The van der Waals surface area contributed by atoms with E-state index in [4.69, 9.17) is 0 Å². The van der Waals surface area contributed by atoms with Crippen molar-refractivity contribution in [3.8, 4) is 0 Å². The van der Waals surface area contributed by atoms with Gasteiger partial charge in [-0.05, 0) is 27.7 Å². The minimum absolute atomic E-state index is 0.0398. The quantitative estimate of drug-likeness (QED) is 0.648. The largest absolute Gasteiger partial charge is 0.386 e. The number of hydrogen-bond acceptors (Lipinski definition) is 5. The van der Waals surface area contributed by atoms with Crippen molar-refractivity contribution < 1.29 is 10.0 Å². The van der Waals surface area contributed by atoms with Crippen molar-refractivity contribution in [2.45, 2.75) is 39.3 Å². The molecule has 18 heavy (non-hydrogen) atoms. The van der Waals surface area contributed by atoms with E-state index in [9.17, 15) is 15.2 Å². The van der Waals surface area contributed by atoms with Gasteiger partial charge in [0.05, 0.1) is 10.5 Å². The van der Waals surface area contributed by atoms with Crippen LogP contribution >= 0.6 is 0 Å². The molecule has 1 aliphatic heterocycles. The highest BCUT2D eigenvalue weighted by Gasteiger charge is 2.42. The Kier molecular flexibility index (Phi) is 2.81. The van der Waals surface area contributed by atoms with Crippen LogP contribution < -0.4 is 4.90 Å². The van der Waals surface area contributed by atoms with Crippen molar-refractivity contribution in [3.63, 3.8) is 0 Å². The summed E-state index contributed by atoms with van der Waals surface area (Å²) in [5, 5.41) is 25.2. The summed E-state index contributed by atoms with van der Waals surface area (Å²) in [5.41, 5.74) is -0.317. The van der Waals surface area contributed by atoms with Crippen LogP contribution in [0.15, 0.2) is 0 Å². The summed E-state index contributed by atoms with van der Waals surface area (Å²) in [4.78, 5) is 12.6. The molecule has 1 saturated heterocycles. The maximum Gasteiger partial charge on any atom is 0.333 e. The van der Waals surface area contributed by atoms with E-state index in [0.717, 1.165) is 0 Å². The zero-order chi connectivity index (χ0) is 13.7. The first kappa shape index (κ1) is 12.8. The third-order valence-corrected chi connectivity index (χ3v) is 3.06. The topological polar surface area (TPSA) is 84.4 Å². The van der Waals surface area contributed by atoms with E-state index in [0.29, 0.717) is 24.6 Å². The van der Waals surface area contributed by atoms with Crippen LogP contribution in [0.25, 0.3) is 0 Å². The summed E-state index contributed by atoms with van der Waals surface area (Å²) in [6, 6.07) is 0.0398. The number of aryl methyl sites for hydroxylation is 1. The van der Waals surface area contributed by atoms with E-state index in [-0.39, 0.29) is 11.7 Å². The van der Waals surface area contributed by atoms with Crippen molar-refractivity contribution in [2.75, 3.05) is 18.0 Å². The second-order valence-corrected chi connectivity index (χ2v) is 5.41. The van der Waals surface area contributed by atoms with Gasteiger partial charge in [-0.15, -0.1) is 0 Å². The molecule has 7 heteroatoms. The lowest BCUT2D eigenvalue weighted by atomic mass is 9.97. The summed E-state index contributed by atoms with van der Waals surface area (Å²) in [5.74, 6) is 0.499. The highest BCUT2D eigenvalue weighted by atomic mass is 16.6. The molecule has 7 nitrogen and oxygen atoms in total. The van der Waals surface area contributed by atoms with E-state index in [1.54, 1.807) is 23.4 Å². The lowest BCUT2D eigenvalue weighted by Crippen LogP contribution is -2.60. The molecule has 0 bridgehead atoms. The molecule has 0 aromatic carbocycles. The molecule has 100 valence electrons. The Hall–Kier alpha value is -1.63. The SMILES string of the molecule is Cc1nn(C(C)C)c(N2CC(C)(O)C2)c1[N+](=O)[O-]. The van der Waals surface area contributed by atoms with Crippen molar-refractivity contribution in [1.82, 2.24) is 9.78 Å². The first-order valence-corrected chi connectivity index (χ1v) is 5.94. The number of nitrogens with zero attached hydrogens (tertiary/aromatic N) is 4. The number of hydrogen-bond donors (Lipinski definition) is 1. The number of aromatic nitrogens is 2. The average Bonchev–Trinajstić information content (AvgIpc) is 2.51. The molecule has 1 N–H and O–H groups in total. The van der Waals surface area contributed by atoms with Gasteiger partial charge >= 0.3 is 5.69 Å². The molecule has 0 atom stereocenters. The second kappa shape index (κ2) is 3.94.